The Morgan fingerprint density at radius 3 is 2.50 bits per heavy atom. The van der Waals surface area contributed by atoms with Gasteiger partial charge < -0.3 is 14.6 Å². The van der Waals surface area contributed by atoms with Crippen LogP contribution in [0.3, 0.4) is 0 Å². The molecule has 1 N–H and O–H groups in total. The van der Waals surface area contributed by atoms with Gasteiger partial charge in [-0.05, 0) is 46.0 Å². The van der Waals surface area contributed by atoms with Gasteiger partial charge in [-0.1, -0.05) is 6.92 Å². The zero-order valence-electron chi connectivity index (χ0n) is 11.0. The fraction of sp³-hybridized carbons (Fsp3) is 1.00. The fourth-order valence-electron chi connectivity index (χ4n) is 1.79. The molecule has 0 aliphatic heterocycles. The Kier molecular flexibility index (Phi) is 5.22. The van der Waals surface area contributed by atoms with E-state index in [1.54, 1.807) is 13.8 Å². The lowest BCUT2D eigenvalue weighted by Gasteiger charge is -2.33. The van der Waals surface area contributed by atoms with Crippen LogP contribution in [0.2, 0.25) is 0 Å². The summed E-state index contributed by atoms with van der Waals surface area (Å²) in [6.45, 7) is 9.13. The highest BCUT2D eigenvalue weighted by atomic mass is 16.5. The van der Waals surface area contributed by atoms with Crippen LogP contribution in [0.1, 0.15) is 47.0 Å². The molecule has 1 fully saturated rings. The first-order valence-electron chi connectivity index (χ1n) is 6.32. The molecule has 1 aliphatic rings. The molecule has 0 bridgehead atoms. The lowest BCUT2D eigenvalue weighted by Crippen LogP contribution is -2.32. The van der Waals surface area contributed by atoms with Gasteiger partial charge >= 0.3 is 0 Å². The highest BCUT2D eigenvalue weighted by molar-refractivity contribution is 4.76. The third-order valence-corrected chi connectivity index (χ3v) is 3.01. The Morgan fingerprint density at radius 2 is 2.00 bits per heavy atom. The van der Waals surface area contributed by atoms with Gasteiger partial charge in [0.2, 0.25) is 0 Å². The molecule has 1 atom stereocenters. The molecule has 16 heavy (non-hydrogen) atoms. The van der Waals surface area contributed by atoms with E-state index in [9.17, 15) is 5.11 Å². The van der Waals surface area contributed by atoms with E-state index in [0.717, 1.165) is 5.92 Å². The Labute approximate surface area is 99.1 Å². The van der Waals surface area contributed by atoms with Gasteiger partial charge in [0.1, 0.15) is 0 Å². The van der Waals surface area contributed by atoms with Crippen molar-refractivity contribution in [1.82, 2.24) is 0 Å². The fourth-order valence-corrected chi connectivity index (χ4v) is 1.79. The molecule has 0 heterocycles. The van der Waals surface area contributed by atoms with Crippen LogP contribution in [-0.2, 0) is 9.47 Å². The monoisotopic (exact) mass is 230 g/mol. The minimum absolute atomic E-state index is 0.123. The van der Waals surface area contributed by atoms with Gasteiger partial charge in [0.25, 0.3) is 0 Å². The molecule has 0 aromatic rings. The van der Waals surface area contributed by atoms with E-state index in [0.29, 0.717) is 25.7 Å². The second kappa shape index (κ2) is 5.99. The minimum Gasteiger partial charge on any atom is -0.390 e. The molecular formula is C13H26O3. The van der Waals surface area contributed by atoms with Gasteiger partial charge in [-0.15, -0.1) is 0 Å². The molecule has 0 radical (unpaired) electrons. The topological polar surface area (TPSA) is 38.7 Å². The lowest BCUT2D eigenvalue weighted by molar-refractivity contribution is -0.0812. The molecule has 3 nitrogen and oxygen atoms in total. The largest absolute Gasteiger partial charge is 0.390 e. The molecule has 0 spiro atoms. The van der Waals surface area contributed by atoms with Crippen LogP contribution in [-0.4, -0.2) is 36.1 Å². The number of ether oxygens (including phenoxy) is 2. The lowest BCUT2D eigenvalue weighted by atomic mass is 9.84. The van der Waals surface area contributed by atoms with Crippen LogP contribution in [0, 0.1) is 5.92 Å². The molecule has 96 valence electrons. The number of hydrogen-bond acceptors (Lipinski definition) is 3. The second-order valence-corrected chi connectivity index (χ2v) is 5.78. The van der Waals surface area contributed by atoms with Crippen LogP contribution in [0.25, 0.3) is 0 Å². The van der Waals surface area contributed by atoms with Crippen molar-refractivity contribution in [3.8, 4) is 0 Å². The average molecular weight is 230 g/mol. The van der Waals surface area contributed by atoms with Crippen LogP contribution in [0.5, 0.6) is 0 Å². The van der Waals surface area contributed by atoms with E-state index in [1.807, 2.05) is 6.92 Å². The molecule has 1 rings (SSSR count). The van der Waals surface area contributed by atoms with Gasteiger partial charge in [-0.25, -0.2) is 0 Å². The molecule has 3 heteroatoms. The molecule has 1 aliphatic carbocycles. The van der Waals surface area contributed by atoms with Crippen LogP contribution in [0.15, 0.2) is 0 Å². The second-order valence-electron chi connectivity index (χ2n) is 5.78. The van der Waals surface area contributed by atoms with Crippen LogP contribution < -0.4 is 0 Å². The molecular weight excluding hydrogens is 204 g/mol. The summed E-state index contributed by atoms with van der Waals surface area (Å²) in [7, 11) is 0. The van der Waals surface area contributed by atoms with Crippen LogP contribution in [0.4, 0.5) is 0 Å². The summed E-state index contributed by atoms with van der Waals surface area (Å²) in [6.07, 6.45) is 3.62. The Hall–Kier alpha value is -0.120. The molecule has 0 aromatic heterocycles. The normalized spacial score (nSPS) is 27.6. The van der Waals surface area contributed by atoms with Crippen molar-refractivity contribution < 1.29 is 14.6 Å². The molecule has 0 saturated heterocycles. The van der Waals surface area contributed by atoms with E-state index in [-0.39, 0.29) is 6.10 Å². The van der Waals surface area contributed by atoms with E-state index in [1.165, 1.54) is 12.8 Å². The van der Waals surface area contributed by atoms with Crippen molar-refractivity contribution in [3.05, 3.63) is 0 Å². The number of aliphatic hydroxyl groups is 1. The van der Waals surface area contributed by atoms with Crippen molar-refractivity contribution >= 4 is 0 Å². The first kappa shape index (κ1) is 13.9. The Morgan fingerprint density at radius 1 is 1.38 bits per heavy atom. The van der Waals surface area contributed by atoms with Gasteiger partial charge in [-0.2, -0.15) is 0 Å². The first-order valence-corrected chi connectivity index (χ1v) is 6.32. The van der Waals surface area contributed by atoms with Crippen molar-refractivity contribution in [1.29, 1.82) is 0 Å². The maximum Gasteiger partial charge on any atom is 0.0780 e. The molecule has 0 aromatic carbocycles. The predicted molar refractivity (Wildman–Crippen MR) is 64.5 cm³/mol. The maximum absolute atomic E-state index is 9.51. The zero-order valence-corrected chi connectivity index (χ0v) is 11.0. The summed E-state index contributed by atoms with van der Waals surface area (Å²) in [4.78, 5) is 0. The quantitative estimate of drug-likeness (QED) is 0.729. The smallest absolute Gasteiger partial charge is 0.0780 e. The van der Waals surface area contributed by atoms with Crippen molar-refractivity contribution in [3.63, 3.8) is 0 Å². The van der Waals surface area contributed by atoms with Gasteiger partial charge in [0, 0.05) is 6.61 Å². The molecule has 0 amide bonds. The first-order chi connectivity index (χ1) is 7.37. The van der Waals surface area contributed by atoms with Gasteiger partial charge in [0.05, 0.1) is 24.4 Å². The van der Waals surface area contributed by atoms with E-state index >= 15 is 0 Å². The summed E-state index contributed by atoms with van der Waals surface area (Å²) in [5.41, 5.74) is -0.635. The number of hydrogen-bond donors (Lipinski definition) is 1. The van der Waals surface area contributed by atoms with Gasteiger partial charge in [-0.3, -0.25) is 0 Å². The summed E-state index contributed by atoms with van der Waals surface area (Å²) < 4.78 is 11.3. The van der Waals surface area contributed by atoms with Crippen molar-refractivity contribution in [2.24, 2.45) is 5.92 Å². The maximum atomic E-state index is 9.51. The minimum atomic E-state index is -0.635. The molecule has 1 saturated carbocycles. The SMILES string of the molecule is CC1CC(OCC(C)OCCC(C)(C)O)C1. The summed E-state index contributed by atoms with van der Waals surface area (Å²) >= 11 is 0. The summed E-state index contributed by atoms with van der Waals surface area (Å²) in [6, 6.07) is 0. The van der Waals surface area contributed by atoms with Crippen LogP contribution >= 0.6 is 0 Å². The van der Waals surface area contributed by atoms with Crippen molar-refractivity contribution in [2.45, 2.75) is 64.8 Å². The zero-order chi connectivity index (χ0) is 12.2. The van der Waals surface area contributed by atoms with E-state index in [2.05, 4.69) is 6.92 Å². The summed E-state index contributed by atoms with van der Waals surface area (Å²) in [5, 5.41) is 9.51. The third kappa shape index (κ3) is 5.83. The highest BCUT2D eigenvalue weighted by Crippen LogP contribution is 2.29. The standard InChI is InChI=1S/C13H26O3/c1-10-7-12(8-10)16-9-11(2)15-6-5-13(3,4)14/h10-12,14H,5-9H2,1-4H3. The summed E-state index contributed by atoms with van der Waals surface area (Å²) in [5.74, 6) is 0.830. The van der Waals surface area contributed by atoms with E-state index < -0.39 is 5.60 Å². The molecule has 1 unspecified atom stereocenters. The third-order valence-electron chi connectivity index (χ3n) is 3.01. The highest BCUT2D eigenvalue weighted by Gasteiger charge is 2.26. The van der Waals surface area contributed by atoms with E-state index in [4.69, 9.17) is 9.47 Å². The Bertz CT molecular complexity index is 192. The van der Waals surface area contributed by atoms with Gasteiger partial charge in [0.15, 0.2) is 0 Å². The van der Waals surface area contributed by atoms with Crippen molar-refractivity contribution in [2.75, 3.05) is 13.2 Å². The average Bonchev–Trinajstić information content (AvgIpc) is 2.08. The predicted octanol–water partition coefficient (Wildman–Crippen LogP) is 2.37. The Balaban J connectivity index is 1.96. The number of rotatable bonds is 7.